The first kappa shape index (κ1) is 14.1. The zero-order chi connectivity index (χ0) is 10.6. The second-order valence-corrected chi connectivity index (χ2v) is 5.17. The molecule has 0 aromatic carbocycles. The lowest BCUT2D eigenvalue weighted by Gasteiger charge is -2.17. The van der Waals surface area contributed by atoms with E-state index in [1.807, 2.05) is 7.05 Å². The van der Waals surface area contributed by atoms with E-state index < -0.39 is 9.36 Å². The van der Waals surface area contributed by atoms with Crippen LogP contribution in [-0.2, 0) is 4.43 Å². The van der Waals surface area contributed by atoms with Crippen molar-refractivity contribution in [1.82, 2.24) is 15.3 Å². The summed E-state index contributed by atoms with van der Waals surface area (Å²) < 4.78 is 5.74. The van der Waals surface area contributed by atoms with Gasteiger partial charge in [0, 0.05) is 13.2 Å². The zero-order valence-electron chi connectivity index (χ0n) is 9.73. The first-order chi connectivity index (χ1) is 6.85. The molecule has 14 heavy (non-hydrogen) atoms. The van der Waals surface area contributed by atoms with E-state index in [0.717, 1.165) is 39.1 Å². The third-order valence-corrected chi connectivity index (χ3v) is 3.68. The van der Waals surface area contributed by atoms with E-state index in [4.69, 9.17) is 4.43 Å². The Morgan fingerprint density at radius 3 is 2.00 bits per heavy atom. The predicted octanol–water partition coefficient (Wildman–Crippen LogP) is -0.0612. The lowest BCUT2D eigenvalue weighted by Crippen LogP contribution is -2.51. The van der Waals surface area contributed by atoms with Crippen molar-refractivity contribution >= 4 is 9.36 Å². The molecule has 0 bridgehead atoms. The Kier molecular flexibility index (Phi) is 11.2. The molecule has 3 N–H and O–H groups in total. The maximum absolute atomic E-state index is 5.74. The van der Waals surface area contributed by atoms with Gasteiger partial charge in [0.1, 0.15) is 0 Å². The topological polar surface area (TPSA) is 45.3 Å². The first-order valence-electron chi connectivity index (χ1n) is 5.58. The molecule has 0 unspecified atom stereocenters. The van der Waals surface area contributed by atoms with Crippen LogP contribution in [-0.4, -0.2) is 42.7 Å². The van der Waals surface area contributed by atoms with Gasteiger partial charge >= 0.3 is 9.36 Å². The molecule has 4 nitrogen and oxygen atoms in total. The van der Waals surface area contributed by atoms with Gasteiger partial charge in [0.25, 0.3) is 0 Å². The lowest BCUT2D eigenvalue weighted by molar-refractivity contribution is 0.303. The summed E-state index contributed by atoms with van der Waals surface area (Å²) in [5.41, 5.74) is 0. The van der Waals surface area contributed by atoms with Crippen LogP contribution in [0.25, 0.3) is 0 Å². The lowest BCUT2D eigenvalue weighted by atomic mass is 10.5. The highest BCUT2D eigenvalue weighted by atomic mass is 28.3. The molecule has 0 saturated carbocycles. The molecule has 0 amide bonds. The summed E-state index contributed by atoms with van der Waals surface area (Å²) >= 11 is 0. The van der Waals surface area contributed by atoms with Crippen LogP contribution in [0.15, 0.2) is 0 Å². The van der Waals surface area contributed by atoms with Gasteiger partial charge in [-0.2, -0.15) is 0 Å². The summed E-state index contributed by atoms with van der Waals surface area (Å²) in [6.07, 6.45) is 2.32. The molecule has 0 fully saturated rings. The van der Waals surface area contributed by atoms with E-state index in [-0.39, 0.29) is 0 Å². The minimum atomic E-state index is -1.34. The van der Waals surface area contributed by atoms with Crippen molar-refractivity contribution in [2.45, 2.75) is 26.7 Å². The highest BCUT2D eigenvalue weighted by Gasteiger charge is 2.08. The Labute approximate surface area is 89.7 Å². The Hall–Kier alpha value is 0.0569. The second-order valence-electron chi connectivity index (χ2n) is 3.26. The molecule has 0 spiro atoms. The summed E-state index contributed by atoms with van der Waals surface area (Å²) in [5.74, 6) is 0. The van der Waals surface area contributed by atoms with Crippen molar-refractivity contribution in [3.05, 3.63) is 0 Å². The molecule has 0 heterocycles. The fraction of sp³-hybridized carbons (Fsp3) is 1.00. The highest BCUT2D eigenvalue weighted by molar-refractivity contribution is 6.45. The Morgan fingerprint density at radius 2 is 1.57 bits per heavy atom. The summed E-state index contributed by atoms with van der Waals surface area (Å²) in [6.45, 7) is 8.16. The minimum absolute atomic E-state index is 0.792. The molecule has 0 atom stereocenters. The summed E-state index contributed by atoms with van der Waals surface area (Å²) in [6, 6.07) is 0. The van der Waals surface area contributed by atoms with E-state index >= 15 is 0 Å². The van der Waals surface area contributed by atoms with Crippen LogP contribution in [0, 0.1) is 0 Å². The molecule has 0 aliphatic heterocycles. The number of nitrogens with one attached hydrogen (secondary N) is 3. The number of likely N-dealkylation sites (N-methyl/N-ethyl adjacent to an activating group) is 1. The molecule has 0 aromatic rings. The molecule has 86 valence electrons. The van der Waals surface area contributed by atoms with Crippen LogP contribution in [0.4, 0.5) is 0 Å². The van der Waals surface area contributed by atoms with Crippen molar-refractivity contribution in [2.75, 3.05) is 33.3 Å². The Morgan fingerprint density at radius 1 is 1.00 bits per heavy atom. The number of hydrogen-bond donors (Lipinski definition) is 3. The predicted molar refractivity (Wildman–Crippen MR) is 63.6 cm³/mol. The number of rotatable bonds is 10. The molecule has 0 aliphatic carbocycles. The molecular weight excluding hydrogens is 194 g/mol. The number of hydrogen-bond acceptors (Lipinski definition) is 4. The van der Waals surface area contributed by atoms with Gasteiger partial charge in [0.2, 0.25) is 0 Å². The maximum atomic E-state index is 5.74. The van der Waals surface area contributed by atoms with Gasteiger partial charge in [-0.3, -0.25) is 0 Å². The molecule has 0 radical (unpaired) electrons. The zero-order valence-corrected chi connectivity index (χ0v) is 10.9. The van der Waals surface area contributed by atoms with E-state index in [1.54, 1.807) is 0 Å². The van der Waals surface area contributed by atoms with Gasteiger partial charge in [-0.1, -0.05) is 13.8 Å². The van der Waals surface area contributed by atoms with Gasteiger partial charge < -0.3 is 19.7 Å². The second kappa shape index (κ2) is 11.1. The fourth-order valence-electron chi connectivity index (χ4n) is 1.02. The first-order valence-corrected chi connectivity index (χ1v) is 7.20. The van der Waals surface area contributed by atoms with Crippen molar-refractivity contribution in [3.8, 4) is 0 Å². The fourth-order valence-corrected chi connectivity index (χ4v) is 2.86. The Balaban J connectivity index is 3.49. The smallest absolute Gasteiger partial charge is 0.335 e. The van der Waals surface area contributed by atoms with Crippen molar-refractivity contribution in [3.63, 3.8) is 0 Å². The average molecular weight is 219 g/mol. The minimum Gasteiger partial charge on any atom is -0.393 e. The van der Waals surface area contributed by atoms with Crippen LogP contribution in [0.2, 0.25) is 0 Å². The quantitative estimate of drug-likeness (QED) is 0.356. The Bertz CT molecular complexity index is 108. The van der Waals surface area contributed by atoms with Crippen molar-refractivity contribution in [2.24, 2.45) is 0 Å². The van der Waals surface area contributed by atoms with Gasteiger partial charge in [-0.25, -0.2) is 0 Å². The van der Waals surface area contributed by atoms with Crippen molar-refractivity contribution in [1.29, 1.82) is 0 Å². The van der Waals surface area contributed by atoms with Crippen LogP contribution in [0.5, 0.6) is 0 Å². The molecular formula is C9H25N3OSi. The molecule has 0 aromatic heterocycles. The normalized spacial score (nSPS) is 11.1. The van der Waals surface area contributed by atoms with E-state index in [9.17, 15) is 0 Å². The van der Waals surface area contributed by atoms with Crippen LogP contribution >= 0.6 is 0 Å². The third-order valence-electron chi connectivity index (χ3n) is 1.80. The standard InChI is InChI=1S/C9H25N3OSi/c1-4-6-11-14(12-7-5-2)13-9-8-10-3/h10-12,14H,4-9H2,1-3H3. The van der Waals surface area contributed by atoms with Gasteiger partial charge in [-0.15, -0.1) is 0 Å². The van der Waals surface area contributed by atoms with Gasteiger partial charge in [0.15, 0.2) is 0 Å². The molecule has 5 heteroatoms. The van der Waals surface area contributed by atoms with E-state index in [0.29, 0.717) is 0 Å². The monoisotopic (exact) mass is 219 g/mol. The highest BCUT2D eigenvalue weighted by Crippen LogP contribution is 1.81. The molecule has 0 aliphatic rings. The third kappa shape index (κ3) is 8.65. The SMILES string of the molecule is CCCN[SiH](NCCC)OCCNC. The van der Waals surface area contributed by atoms with Crippen LogP contribution in [0.1, 0.15) is 26.7 Å². The van der Waals surface area contributed by atoms with Gasteiger partial charge in [0.05, 0.1) is 0 Å². The molecule has 0 saturated heterocycles. The maximum Gasteiger partial charge on any atom is 0.335 e. The van der Waals surface area contributed by atoms with Crippen LogP contribution in [0.3, 0.4) is 0 Å². The van der Waals surface area contributed by atoms with Crippen molar-refractivity contribution < 1.29 is 4.43 Å². The van der Waals surface area contributed by atoms with Gasteiger partial charge in [-0.05, 0) is 33.0 Å². The summed E-state index contributed by atoms with van der Waals surface area (Å²) in [7, 11) is 0.603. The largest absolute Gasteiger partial charge is 0.393 e. The van der Waals surface area contributed by atoms with Crippen LogP contribution < -0.4 is 15.3 Å². The van der Waals surface area contributed by atoms with E-state index in [2.05, 4.69) is 29.1 Å². The summed E-state index contributed by atoms with van der Waals surface area (Å²) in [4.78, 5) is 6.88. The molecule has 0 rings (SSSR count). The average Bonchev–Trinajstić information content (AvgIpc) is 2.21. The van der Waals surface area contributed by atoms with E-state index in [1.165, 1.54) is 0 Å². The summed E-state index contributed by atoms with van der Waals surface area (Å²) in [5, 5.41) is 3.08.